The number of ether oxygens (including phenoxy) is 1. The third-order valence-corrected chi connectivity index (χ3v) is 4.80. The van der Waals surface area contributed by atoms with Crippen LogP contribution in [0.1, 0.15) is 62.7 Å². The van der Waals surface area contributed by atoms with Crippen molar-refractivity contribution in [3.05, 3.63) is 35.9 Å². The summed E-state index contributed by atoms with van der Waals surface area (Å²) in [5.74, 6) is -0.188. The molecular formula is C18H25NO2. The van der Waals surface area contributed by atoms with Gasteiger partial charge in [0.2, 0.25) is 0 Å². The van der Waals surface area contributed by atoms with Crippen LogP contribution in [0.15, 0.2) is 30.3 Å². The van der Waals surface area contributed by atoms with Gasteiger partial charge in [-0.25, -0.2) is 4.79 Å². The van der Waals surface area contributed by atoms with Gasteiger partial charge in [-0.3, -0.25) is 0 Å². The molecule has 2 aliphatic rings. The molecule has 114 valence electrons. The summed E-state index contributed by atoms with van der Waals surface area (Å²) in [6, 6.07) is 9.31. The van der Waals surface area contributed by atoms with Crippen molar-refractivity contribution in [3.8, 4) is 0 Å². The van der Waals surface area contributed by atoms with Crippen molar-refractivity contribution in [1.29, 1.82) is 0 Å². The van der Waals surface area contributed by atoms with Gasteiger partial charge in [-0.15, -0.1) is 0 Å². The number of piperidine rings is 1. The Morgan fingerprint density at radius 1 is 1.14 bits per heavy atom. The fraction of sp³-hybridized carbons (Fsp3) is 0.611. The lowest BCUT2D eigenvalue weighted by molar-refractivity contribution is -0.0116. The quantitative estimate of drug-likeness (QED) is 0.843. The number of nitrogens with one attached hydrogen (secondary N) is 1. The smallest absolute Gasteiger partial charge is 0.338 e. The first kappa shape index (κ1) is 14.6. The highest BCUT2D eigenvalue weighted by Crippen LogP contribution is 2.41. The normalized spacial score (nSPS) is 26.7. The van der Waals surface area contributed by atoms with Crippen molar-refractivity contribution in [3.63, 3.8) is 0 Å². The molecule has 0 radical (unpaired) electrons. The Labute approximate surface area is 127 Å². The van der Waals surface area contributed by atoms with Crippen LogP contribution in [0.2, 0.25) is 0 Å². The Bertz CT molecular complexity index is 503. The summed E-state index contributed by atoms with van der Waals surface area (Å²) in [6.45, 7) is 4.44. The first-order valence-corrected chi connectivity index (χ1v) is 8.04. The fourth-order valence-corrected chi connectivity index (χ4v) is 4.15. The maximum atomic E-state index is 12.3. The van der Waals surface area contributed by atoms with E-state index in [2.05, 4.69) is 19.2 Å². The molecule has 0 aromatic heterocycles. The summed E-state index contributed by atoms with van der Waals surface area (Å²) >= 11 is 0. The van der Waals surface area contributed by atoms with E-state index < -0.39 is 0 Å². The zero-order chi connectivity index (χ0) is 14.9. The van der Waals surface area contributed by atoms with Crippen LogP contribution in [0.25, 0.3) is 0 Å². The molecule has 0 amide bonds. The van der Waals surface area contributed by atoms with Crippen LogP contribution in [-0.2, 0) is 4.74 Å². The van der Waals surface area contributed by atoms with Crippen LogP contribution in [0.3, 0.4) is 0 Å². The Morgan fingerprint density at radius 2 is 1.81 bits per heavy atom. The Hall–Kier alpha value is -1.35. The monoisotopic (exact) mass is 287 g/mol. The molecule has 1 spiro atoms. The molecule has 1 N–H and O–H groups in total. The SMILES string of the molecule is CC1(C)CC(OC(=O)c2ccccc2)CC2(CCCC2)N1. The number of esters is 1. The largest absolute Gasteiger partial charge is 0.459 e. The van der Waals surface area contributed by atoms with Crippen molar-refractivity contribution in [2.75, 3.05) is 0 Å². The number of rotatable bonds is 2. The minimum Gasteiger partial charge on any atom is -0.459 e. The standard InChI is InChI=1S/C18H25NO2/c1-17(2)12-15(13-18(19-17)10-6-7-11-18)21-16(20)14-8-4-3-5-9-14/h3-5,8-9,15,19H,6-7,10-13H2,1-2H3. The molecule has 1 aromatic carbocycles. The van der Waals surface area contributed by atoms with Gasteiger partial charge in [0.1, 0.15) is 6.10 Å². The second-order valence-electron chi connectivity index (χ2n) is 7.30. The zero-order valence-corrected chi connectivity index (χ0v) is 13.0. The molecule has 1 atom stereocenters. The third kappa shape index (κ3) is 3.29. The molecule has 3 nitrogen and oxygen atoms in total. The molecule has 1 heterocycles. The molecule has 21 heavy (non-hydrogen) atoms. The lowest BCUT2D eigenvalue weighted by Gasteiger charge is -2.47. The van der Waals surface area contributed by atoms with Gasteiger partial charge in [-0.05, 0) is 38.8 Å². The van der Waals surface area contributed by atoms with Crippen molar-refractivity contribution >= 4 is 5.97 Å². The van der Waals surface area contributed by atoms with E-state index in [-0.39, 0.29) is 23.2 Å². The summed E-state index contributed by atoms with van der Waals surface area (Å²) in [7, 11) is 0. The van der Waals surface area contributed by atoms with E-state index in [0.29, 0.717) is 5.56 Å². The summed E-state index contributed by atoms with van der Waals surface area (Å²) in [6.07, 6.45) is 6.82. The van der Waals surface area contributed by atoms with Gasteiger partial charge in [0.05, 0.1) is 5.56 Å². The van der Waals surface area contributed by atoms with E-state index in [1.54, 1.807) is 0 Å². The predicted molar refractivity (Wildman–Crippen MR) is 83.3 cm³/mol. The molecule has 1 aliphatic carbocycles. The number of carbonyl (C=O) groups excluding carboxylic acids is 1. The maximum Gasteiger partial charge on any atom is 0.338 e. The van der Waals surface area contributed by atoms with E-state index in [0.717, 1.165) is 12.8 Å². The summed E-state index contributed by atoms with van der Waals surface area (Å²) < 4.78 is 5.82. The van der Waals surface area contributed by atoms with E-state index in [4.69, 9.17) is 4.74 Å². The highest BCUT2D eigenvalue weighted by atomic mass is 16.5. The molecular weight excluding hydrogens is 262 g/mol. The molecule has 2 fully saturated rings. The second kappa shape index (κ2) is 5.45. The molecule has 3 heteroatoms. The number of hydrogen-bond donors (Lipinski definition) is 1. The zero-order valence-electron chi connectivity index (χ0n) is 13.0. The number of hydrogen-bond acceptors (Lipinski definition) is 3. The average molecular weight is 287 g/mol. The molecule has 1 saturated carbocycles. The second-order valence-corrected chi connectivity index (χ2v) is 7.30. The lowest BCUT2D eigenvalue weighted by atomic mass is 9.78. The minimum atomic E-state index is -0.188. The van der Waals surface area contributed by atoms with Crippen molar-refractivity contribution in [2.45, 2.75) is 69.6 Å². The summed E-state index contributed by atoms with van der Waals surface area (Å²) in [5.41, 5.74) is 0.863. The van der Waals surface area contributed by atoms with Gasteiger partial charge in [0, 0.05) is 23.9 Å². The number of benzene rings is 1. The van der Waals surface area contributed by atoms with Gasteiger partial charge >= 0.3 is 5.97 Å². The van der Waals surface area contributed by atoms with Crippen molar-refractivity contribution in [2.24, 2.45) is 0 Å². The Morgan fingerprint density at radius 3 is 2.48 bits per heavy atom. The minimum absolute atomic E-state index is 0.0204. The highest BCUT2D eigenvalue weighted by Gasteiger charge is 2.46. The lowest BCUT2D eigenvalue weighted by Crippen LogP contribution is -2.61. The van der Waals surface area contributed by atoms with Crippen LogP contribution in [0.4, 0.5) is 0 Å². The van der Waals surface area contributed by atoms with Crippen molar-refractivity contribution in [1.82, 2.24) is 5.32 Å². The van der Waals surface area contributed by atoms with Crippen LogP contribution < -0.4 is 5.32 Å². The van der Waals surface area contributed by atoms with Crippen LogP contribution >= 0.6 is 0 Å². The molecule has 1 aromatic rings. The average Bonchev–Trinajstić information content (AvgIpc) is 2.85. The van der Waals surface area contributed by atoms with Gasteiger partial charge in [-0.2, -0.15) is 0 Å². The van der Waals surface area contributed by atoms with Crippen LogP contribution in [0.5, 0.6) is 0 Å². The first-order chi connectivity index (χ1) is 9.98. The van der Waals surface area contributed by atoms with Crippen molar-refractivity contribution < 1.29 is 9.53 Å². The first-order valence-electron chi connectivity index (χ1n) is 8.04. The van der Waals surface area contributed by atoms with Gasteiger partial charge in [0.15, 0.2) is 0 Å². The van der Waals surface area contributed by atoms with E-state index in [1.165, 1.54) is 25.7 Å². The predicted octanol–water partition coefficient (Wildman–Crippen LogP) is 3.69. The number of carbonyl (C=O) groups is 1. The third-order valence-electron chi connectivity index (χ3n) is 4.80. The molecule has 0 bridgehead atoms. The summed E-state index contributed by atoms with van der Waals surface area (Å²) in [4.78, 5) is 12.3. The molecule has 1 aliphatic heterocycles. The summed E-state index contributed by atoms with van der Waals surface area (Å²) in [5, 5.41) is 3.82. The highest BCUT2D eigenvalue weighted by molar-refractivity contribution is 5.89. The van der Waals surface area contributed by atoms with E-state index >= 15 is 0 Å². The Kier molecular flexibility index (Phi) is 3.78. The van der Waals surface area contributed by atoms with Crippen LogP contribution in [-0.4, -0.2) is 23.2 Å². The molecule has 1 saturated heterocycles. The van der Waals surface area contributed by atoms with Gasteiger partial charge in [0.25, 0.3) is 0 Å². The van der Waals surface area contributed by atoms with E-state index in [1.807, 2.05) is 30.3 Å². The van der Waals surface area contributed by atoms with E-state index in [9.17, 15) is 4.79 Å². The Balaban J connectivity index is 1.71. The van der Waals surface area contributed by atoms with Gasteiger partial charge in [-0.1, -0.05) is 31.0 Å². The topological polar surface area (TPSA) is 38.3 Å². The molecule has 1 unspecified atom stereocenters. The van der Waals surface area contributed by atoms with Gasteiger partial charge < -0.3 is 10.1 Å². The molecule has 3 rings (SSSR count). The fourth-order valence-electron chi connectivity index (χ4n) is 4.15. The van der Waals surface area contributed by atoms with Crippen LogP contribution in [0, 0.1) is 0 Å². The maximum absolute atomic E-state index is 12.3.